The fourth-order valence-electron chi connectivity index (χ4n) is 1.43. The highest BCUT2D eigenvalue weighted by molar-refractivity contribution is 9.10. The van der Waals surface area contributed by atoms with Gasteiger partial charge in [-0.05, 0) is 24.6 Å². The highest BCUT2D eigenvalue weighted by atomic mass is 79.9. The maximum atomic E-state index is 11.8. The van der Waals surface area contributed by atoms with Crippen LogP contribution < -0.4 is 5.32 Å². The Kier molecular flexibility index (Phi) is 6.11. The molecule has 0 heterocycles. The van der Waals surface area contributed by atoms with E-state index in [2.05, 4.69) is 26.0 Å². The SMILES string of the molecule is CC(NCCOCC(F)(F)F)c1cccc(Br)c1. The van der Waals surface area contributed by atoms with Crippen molar-refractivity contribution in [1.82, 2.24) is 5.32 Å². The summed E-state index contributed by atoms with van der Waals surface area (Å²) >= 11 is 3.37. The lowest BCUT2D eigenvalue weighted by Gasteiger charge is -2.15. The standard InChI is InChI=1S/C12H15BrF3NO/c1-9(10-3-2-4-11(13)7-10)17-5-6-18-8-12(14,15)16/h2-4,7,9,17H,5-6,8H2,1H3. The van der Waals surface area contributed by atoms with Gasteiger partial charge < -0.3 is 10.1 Å². The van der Waals surface area contributed by atoms with Gasteiger partial charge in [-0.25, -0.2) is 0 Å². The Morgan fingerprint density at radius 2 is 2.11 bits per heavy atom. The number of hydrogen-bond acceptors (Lipinski definition) is 2. The van der Waals surface area contributed by atoms with Gasteiger partial charge in [0.2, 0.25) is 0 Å². The topological polar surface area (TPSA) is 21.3 Å². The maximum absolute atomic E-state index is 11.8. The summed E-state index contributed by atoms with van der Waals surface area (Å²) in [4.78, 5) is 0. The molecule has 0 aliphatic heterocycles. The summed E-state index contributed by atoms with van der Waals surface area (Å²) in [6.07, 6.45) is -4.25. The molecule has 1 aromatic rings. The average Bonchev–Trinajstić information content (AvgIpc) is 2.26. The monoisotopic (exact) mass is 325 g/mol. The second-order valence-electron chi connectivity index (χ2n) is 3.90. The Hall–Kier alpha value is -0.590. The van der Waals surface area contributed by atoms with Crippen molar-refractivity contribution in [3.8, 4) is 0 Å². The molecule has 1 atom stereocenters. The quantitative estimate of drug-likeness (QED) is 0.805. The van der Waals surface area contributed by atoms with Crippen LogP contribution in [0.2, 0.25) is 0 Å². The first-order chi connectivity index (χ1) is 8.38. The lowest BCUT2D eigenvalue weighted by atomic mass is 10.1. The Morgan fingerprint density at radius 1 is 1.39 bits per heavy atom. The molecule has 6 heteroatoms. The lowest BCUT2D eigenvalue weighted by Crippen LogP contribution is -2.25. The molecule has 0 saturated heterocycles. The summed E-state index contributed by atoms with van der Waals surface area (Å²) in [6.45, 7) is 1.17. The van der Waals surface area contributed by atoms with E-state index >= 15 is 0 Å². The number of hydrogen-bond donors (Lipinski definition) is 1. The van der Waals surface area contributed by atoms with E-state index in [1.807, 2.05) is 31.2 Å². The third-order valence-corrected chi connectivity index (χ3v) is 2.80. The fraction of sp³-hybridized carbons (Fsp3) is 0.500. The van der Waals surface area contributed by atoms with E-state index in [-0.39, 0.29) is 12.6 Å². The first kappa shape index (κ1) is 15.5. The molecule has 1 rings (SSSR count). The van der Waals surface area contributed by atoms with Crippen LogP contribution in [0, 0.1) is 0 Å². The van der Waals surface area contributed by atoms with Crippen LogP contribution in [-0.4, -0.2) is 25.9 Å². The number of nitrogens with one attached hydrogen (secondary N) is 1. The molecule has 0 saturated carbocycles. The van der Waals surface area contributed by atoms with Crippen LogP contribution in [0.3, 0.4) is 0 Å². The molecular weight excluding hydrogens is 311 g/mol. The van der Waals surface area contributed by atoms with Gasteiger partial charge >= 0.3 is 6.18 Å². The molecule has 0 spiro atoms. The summed E-state index contributed by atoms with van der Waals surface area (Å²) in [6, 6.07) is 7.82. The zero-order valence-corrected chi connectivity index (χ0v) is 11.5. The normalized spacial score (nSPS) is 13.6. The smallest absolute Gasteiger partial charge is 0.371 e. The molecule has 0 bridgehead atoms. The number of benzene rings is 1. The van der Waals surface area contributed by atoms with Crippen LogP contribution in [0.1, 0.15) is 18.5 Å². The van der Waals surface area contributed by atoms with E-state index in [1.54, 1.807) is 0 Å². The van der Waals surface area contributed by atoms with E-state index in [9.17, 15) is 13.2 Å². The van der Waals surface area contributed by atoms with E-state index < -0.39 is 12.8 Å². The molecule has 1 aromatic carbocycles. The first-order valence-corrected chi connectivity index (χ1v) is 6.31. The molecule has 0 fully saturated rings. The third kappa shape index (κ3) is 6.37. The van der Waals surface area contributed by atoms with E-state index in [4.69, 9.17) is 0 Å². The van der Waals surface area contributed by atoms with Crippen molar-refractivity contribution >= 4 is 15.9 Å². The van der Waals surface area contributed by atoms with Crippen molar-refractivity contribution < 1.29 is 17.9 Å². The van der Waals surface area contributed by atoms with E-state index in [1.165, 1.54) is 0 Å². The number of ether oxygens (including phenoxy) is 1. The summed E-state index contributed by atoms with van der Waals surface area (Å²) in [5, 5.41) is 3.10. The van der Waals surface area contributed by atoms with Crippen molar-refractivity contribution in [2.75, 3.05) is 19.8 Å². The van der Waals surface area contributed by atoms with Gasteiger partial charge in [0.25, 0.3) is 0 Å². The minimum atomic E-state index is -4.25. The van der Waals surface area contributed by atoms with Crippen LogP contribution in [0.25, 0.3) is 0 Å². The second-order valence-corrected chi connectivity index (χ2v) is 4.81. The summed E-state index contributed by atoms with van der Waals surface area (Å²) in [5.41, 5.74) is 1.07. The minimum absolute atomic E-state index is 0.0395. The van der Waals surface area contributed by atoms with Crippen molar-refractivity contribution in [2.24, 2.45) is 0 Å². The largest absolute Gasteiger partial charge is 0.411 e. The van der Waals surface area contributed by atoms with Gasteiger partial charge in [0.15, 0.2) is 0 Å². The van der Waals surface area contributed by atoms with Gasteiger partial charge in [0.05, 0.1) is 6.61 Å². The van der Waals surface area contributed by atoms with Gasteiger partial charge in [-0.15, -0.1) is 0 Å². The Labute approximate surface area is 113 Å². The van der Waals surface area contributed by atoms with E-state index in [0.29, 0.717) is 6.54 Å². The van der Waals surface area contributed by atoms with Gasteiger partial charge in [-0.2, -0.15) is 13.2 Å². The number of rotatable bonds is 6. The van der Waals surface area contributed by atoms with Crippen LogP contribution in [-0.2, 0) is 4.74 Å². The highest BCUT2D eigenvalue weighted by Gasteiger charge is 2.27. The third-order valence-electron chi connectivity index (χ3n) is 2.31. The second kappa shape index (κ2) is 7.11. The molecule has 102 valence electrons. The average molecular weight is 326 g/mol. The van der Waals surface area contributed by atoms with Gasteiger partial charge in [-0.1, -0.05) is 28.1 Å². The number of alkyl halides is 3. The van der Waals surface area contributed by atoms with E-state index in [0.717, 1.165) is 10.0 Å². The zero-order valence-electron chi connectivity index (χ0n) is 9.93. The van der Waals surface area contributed by atoms with Crippen molar-refractivity contribution in [1.29, 1.82) is 0 Å². The molecule has 0 radical (unpaired) electrons. The molecule has 2 nitrogen and oxygen atoms in total. The maximum Gasteiger partial charge on any atom is 0.411 e. The zero-order chi connectivity index (χ0) is 13.6. The van der Waals surface area contributed by atoms with Crippen LogP contribution in [0.4, 0.5) is 13.2 Å². The molecule has 0 aromatic heterocycles. The highest BCUT2D eigenvalue weighted by Crippen LogP contribution is 2.17. The van der Waals surface area contributed by atoms with Crippen molar-refractivity contribution in [3.63, 3.8) is 0 Å². The lowest BCUT2D eigenvalue weighted by molar-refractivity contribution is -0.173. The van der Waals surface area contributed by atoms with Crippen molar-refractivity contribution in [2.45, 2.75) is 19.1 Å². The van der Waals surface area contributed by atoms with Crippen LogP contribution in [0.5, 0.6) is 0 Å². The summed E-state index contributed by atoms with van der Waals surface area (Å²) in [5.74, 6) is 0. The Bertz CT molecular complexity index is 371. The molecule has 0 aliphatic rings. The molecule has 1 unspecified atom stereocenters. The fourth-order valence-corrected chi connectivity index (χ4v) is 1.85. The number of halogens is 4. The minimum Gasteiger partial charge on any atom is -0.371 e. The molecular formula is C12H15BrF3NO. The predicted octanol–water partition coefficient (Wildman–Crippen LogP) is 3.68. The van der Waals surface area contributed by atoms with Crippen LogP contribution in [0.15, 0.2) is 28.7 Å². The summed E-state index contributed by atoms with van der Waals surface area (Å²) < 4.78 is 40.9. The van der Waals surface area contributed by atoms with Gasteiger partial charge in [-0.3, -0.25) is 0 Å². The first-order valence-electron chi connectivity index (χ1n) is 5.52. The van der Waals surface area contributed by atoms with Crippen LogP contribution >= 0.6 is 15.9 Å². The Balaban J connectivity index is 2.23. The predicted molar refractivity (Wildman–Crippen MR) is 67.4 cm³/mol. The van der Waals surface area contributed by atoms with Crippen molar-refractivity contribution in [3.05, 3.63) is 34.3 Å². The molecule has 1 N–H and O–H groups in total. The molecule has 0 aliphatic carbocycles. The van der Waals surface area contributed by atoms with Gasteiger partial charge in [0.1, 0.15) is 6.61 Å². The Morgan fingerprint density at radius 3 is 2.72 bits per heavy atom. The molecule has 0 amide bonds. The molecule has 18 heavy (non-hydrogen) atoms. The van der Waals surface area contributed by atoms with Gasteiger partial charge in [0, 0.05) is 17.1 Å². The summed E-state index contributed by atoms with van der Waals surface area (Å²) in [7, 11) is 0.